The molecule has 0 atom stereocenters. The van der Waals surface area contributed by atoms with Crippen molar-refractivity contribution in [1.29, 1.82) is 0 Å². The summed E-state index contributed by atoms with van der Waals surface area (Å²) in [5.41, 5.74) is 0.975. The molecule has 0 bridgehead atoms. The van der Waals surface area contributed by atoms with Crippen LogP contribution >= 0.6 is 15.9 Å². The molecule has 0 aliphatic carbocycles. The van der Waals surface area contributed by atoms with E-state index in [0.29, 0.717) is 11.4 Å². The van der Waals surface area contributed by atoms with Crippen molar-refractivity contribution in [3.8, 4) is 5.69 Å². The quantitative estimate of drug-likeness (QED) is 0.938. The maximum Gasteiger partial charge on any atom is 0.309 e. The van der Waals surface area contributed by atoms with E-state index in [1.54, 1.807) is 0 Å². The molecule has 0 saturated heterocycles. The summed E-state index contributed by atoms with van der Waals surface area (Å²) in [6, 6.07) is 4.28. The van der Waals surface area contributed by atoms with Crippen molar-refractivity contribution in [2.24, 2.45) is 0 Å². The molecule has 0 aliphatic heterocycles. The number of nitrogens with zero attached hydrogens (tertiary/aromatic N) is 3. The topological polar surface area (TPSA) is 68.0 Å². The van der Waals surface area contributed by atoms with E-state index in [1.165, 1.54) is 29.1 Å². The second-order valence-corrected chi connectivity index (χ2v) is 4.16. The lowest BCUT2D eigenvalue weighted by Crippen LogP contribution is -2.08. The van der Waals surface area contributed by atoms with Crippen molar-refractivity contribution in [3.05, 3.63) is 40.4 Å². The maximum absolute atomic E-state index is 13.1. The van der Waals surface area contributed by atoms with Gasteiger partial charge in [-0.1, -0.05) is 5.21 Å². The Morgan fingerprint density at radius 3 is 2.94 bits per heavy atom. The molecule has 5 nitrogen and oxygen atoms in total. The van der Waals surface area contributed by atoms with Crippen LogP contribution in [0.5, 0.6) is 0 Å². The van der Waals surface area contributed by atoms with Crippen LogP contribution in [0.2, 0.25) is 0 Å². The molecule has 1 aromatic carbocycles. The average Bonchev–Trinajstić information content (AvgIpc) is 2.69. The van der Waals surface area contributed by atoms with E-state index >= 15 is 0 Å². The Bertz CT molecular complexity index is 570. The zero-order valence-electron chi connectivity index (χ0n) is 8.47. The summed E-state index contributed by atoms with van der Waals surface area (Å²) < 4.78 is 14.7. The highest BCUT2D eigenvalue weighted by atomic mass is 79.9. The van der Waals surface area contributed by atoms with Crippen LogP contribution in [-0.4, -0.2) is 26.1 Å². The molecular weight excluding hydrogens is 293 g/mol. The number of carboxylic acid groups (broad SMARTS) is 1. The van der Waals surface area contributed by atoms with Gasteiger partial charge in [0, 0.05) is 0 Å². The highest BCUT2D eigenvalue weighted by molar-refractivity contribution is 9.10. The highest BCUT2D eigenvalue weighted by Crippen LogP contribution is 2.19. The number of hydrogen-bond donors (Lipinski definition) is 1. The maximum atomic E-state index is 13.1. The van der Waals surface area contributed by atoms with Gasteiger partial charge in [0.2, 0.25) is 0 Å². The van der Waals surface area contributed by atoms with Crippen molar-refractivity contribution >= 4 is 21.9 Å². The van der Waals surface area contributed by atoms with E-state index in [1.807, 2.05) is 0 Å². The van der Waals surface area contributed by atoms with Crippen molar-refractivity contribution in [1.82, 2.24) is 15.0 Å². The fraction of sp³-hybridized carbons (Fsp3) is 0.100. The monoisotopic (exact) mass is 299 g/mol. The standard InChI is InChI=1S/C10H7BrFN3O2/c11-8-3-6(1-2-9(8)12)15-7(4-10(16)17)5-13-14-15/h1-3,5H,4H2,(H,16,17). The lowest BCUT2D eigenvalue weighted by atomic mass is 10.3. The molecule has 17 heavy (non-hydrogen) atoms. The fourth-order valence-corrected chi connectivity index (χ4v) is 1.73. The van der Waals surface area contributed by atoms with E-state index in [2.05, 4.69) is 26.2 Å². The van der Waals surface area contributed by atoms with E-state index in [4.69, 9.17) is 5.11 Å². The van der Waals surface area contributed by atoms with Gasteiger partial charge in [0.05, 0.1) is 28.5 Å². The fourth-order valence-electron chi connectivity index (χ4n) is 1.37. The molecule has 2 rings (SSSR count). The van der Waals surface area contributed by atoms with Gasteiger partial charge in [0.15, 0.2) is 0 Å². The van der Waals surface area contributed by atoms with Gasteiger partial charge in [-0.05, 0) is 34.1 Å². The number of aliphatic carboxylic acids is 1. The van der Waals surface area contributed by atoms with Crippen molar-refractivity contribution in [2.45, 2.75) is 6.42 Å². The Balaban J connectivity index is 2.42. The van der Waals surface area contributed by atoms with Crippen molar-refractivity contribution in [3.63, 3.8) is 0 Å². The minimum Gasteiger partial charge on any atom is -0.481 e. The largest absolute Gasteiger partial charge is 0.481 e. The van der Waals surface area contributed by atoms with Gasteiger partial charge >= 0.3 is 5.97 Å². The van der Waals surface area contributed by atoms with Gasteiger partial charge in [-0.15, -0.1) is 5.10 Å². The Morgan fingerprint density at radius 2 is 2.29 bits per heavy atom. The van der Waals surface area contributed by atoms with Gasteiger partial charge < -0.3 is 5.11 Å². The second-order valence-electron chi connectivity index (χ2n) is 3.31. The summed E-state index contributed by atoms with van der Waals surface area (Å²) in [6.07, 6.45) is 1.17. The van der Waals surface area contributed by atoms with Crippen LogP contribution in [0, 0.1) is 5.82 Å². The molecule has 0 aliphatic rings. The third-order valence-corrected chi connectivity index (χ3v) is 2.71. The summed E-state index contributed by atoms with van der Waals surface area (Å²) in [4.78, 5) is 10.6. The summed E-state index contributed by atoms with van der Waals surface area (Å²) in [6.45, 7) is 0. The minimum absolute atomic E-state index is 0.192. The number of carbonyl (C=O) groups is 1. The van der Waals surface area contributed by atoms with Gasteiger partial charge in [-0.25, -0.2) is 9.07 Å². The first-order chi connectivity index (χ1) is 8.08. The molecule has 0 spiro atoms. The van der Waals surface area contributed by atoms with Gasteiger partial charge in [-0.3, -0.25) is 4.79 Å². The highest BCUT2D eigenvalue weighted by Gasteiger charge is 2.11. The van der Waals surface area contributed by atoms with Gasteiger partial charge in [0.25, 0.3) is 0 Å². The number of hydrogen-bond acceptors (Lipinski definition) is 3. The van der Waals surface area contributed by atoms with Crippen molar-refractivity contribution < 1.29 is 14.3 Å². The third kappa shape index (κ3) is 2.50. The summed E-state index contributed by atoms with van der Waals surface area (Å²) in [5, 5.41) is 16.1. The molecule has 0 saturated carbocycles. The van der Waals surface area contributed by atoms with Crippen LogP contribution in [0.15, 0.2) is 28.9 Å². The molecule has 0 fully saturated rings. The zero-order valence-corrected chi connectivity index (χ0v) is 10.1. The Labute approximate surface area is 104 Å². The van der Waals surface area contributed by atoms with Crippen molar-refractivity contribution in [2.75, 3.05) is 0 Å². The summed E-state index contributed by atoms with van der Waals surface area (Å²) in [7, 11) is 0. The van der Waals surface area contributed by atoms with Crippen LogP contribution in [0.1, 0.15) is 5.69 Å². The average molecular weight is 300 g/mol. The first kappa shape index (κ1) is 11.7. The lowest BCUT2D eigenvalue weighted by Gasteiger charge is -2.05. The number of aromatic nitrogens is 3. The molecule has 88 valence electrons. The van der Waals surface area contributed by atoms with E-state index in [-0.39, 0.29) is 10.9 Å². The van der Waals surface area contributed by atoms with Crippen LogP contribution in [0.3, 0.4) is 0 Å². The molecule has 2 aromatic rings. The number of halogens is 2. The number of rotatable bonds is 3. The minimum atomic E-state index is -0.977. The Kier molecular flexibility index (Phi) is 3.19. The molecular formula is C10H7BrFN3O2. The molecule has 1 heterocycles. The van der Waals surface area contributed by atoms with Crippen LogP contribution in [-0.2, 0) is 11.2 Å². The van der Waals surface area contributed by atoms with Gasteiger partial charge in [0.1, 0.15) is 5.82 Å². The van der Waals surface area contributed by atoms with Crippen LogP contribution < -0.4 is 0 Å². The zero-order chi connectivity index (χ0) is 12.4. The molecule has 0 unspecified atom stereocenters. The molecule has 1 aromatic heterocycles. The predicted octanol–water partition coefficient (Wildman–Crippen LogP) is 1.80. The molecule has 0 amide bonds. The summed E-state index contributed by atoms with van der Waals surface area (Å²) >= 11 is 3.05. The van der Waals surface area contributed by atoms with E-state index < -0.39 is 11.8 Å². The molecule has 7 heteroatoms. The van der Waals surface area contributed by atoms with Crippen LogP contribution in [0.4, 0.5) is 4.39 Å². The number of benzene rings is 1. The molecule has 1 N–H and O–H groups in total. The second kappa shape index (κ2) is 4.62. The molecule has 0 radical (unpaired) electrons. The predicted molar refractivity (Wildman–Crippen MR) is 60.4 cm³/mol. The Hall–Kier alpha value is -1.76. The smallest absolute Gasteiger partial charge is 0.309 e. The van der Waals surface area contributed by atoms with E-state index in [9.17, 15) is 9.18 Å². The number of carboxylic acids is 1. The SMILES string of the molecule is O=C(O)Cc1cnnn1-c1ccc(F)c(Br)c1. The first-order valence-electron chi connectivity index (χ1n) is 4.64. The van der Waals surface area contributed by atoms with E-state index in [0.717, 1.165) is 0 Å². The third-order valence-electron chi connectivity index (χ3n) is 2.10. The summed E-state index contributed by atoms with van der Waals surface area (Å²) in [5.74, 6) is -1.37. The Morgan fingerprint density at radius 1 is 1.53 bits per heavy atom. The normalized spacial score (nSPS) is 10.5. The van der Waals surface area contributed by atoms with Gasteiger partial charge in [-0.2, -0.15) is 0 Å². The first-order valence-corrected chi connectivity index (χ1v) is 5.44. The lowest BCUT2D eigenvalue weighted by molar-refractivity contribution is -0.136. The van der Waals surface area contributed by atoms with Crippen LogP contribution in [0.25, 0.3) is 5.69 Å².